The Labute approximate surface area is 97.9 Å². The van der Waals surface area contributed by atoms with Crippen molar-refractivity contribution in [3.05, 3.63) is 48.0 Å². The van der Waals surface area contributed by atoms with Crippen molar-refractivity contribution in [1.82, 2.24) is 9.97 Å². The summed E-state index contributed by atoms with van der Waals surface area (Å²) in [5.41, 5.74) is 1.37. The van der Waals surface area contributed by atoms with Crippen molar-refractivity contribution < 1.29 is 9.59 Å². The minimum absolute atomic E-state index is 0.106. The standard InChI is InChI=1S/C12H11N3O2/c1-8(16)10-4-5-11(15-10)12(17)14-9-3-2-6-13-7-9/h2-7,15H,1H3,(H,14,17). The molecule has 0 saturated heterocycles. The molecule has 2 N–H and O–H groups in total. The summed E-state index contributed by atoms with van der Waals surface area (Å²) in [6, 6.07) is 6.62. The molecule has 86 valence electrons. The van der Waals surface area contributed by atoms with Gasteiger partial charge >= 0.3 is 0 Å². The van der Waals surface area contributed by atoms with E-state index in [1.54, 1.807) is 36.7 Å². The Morgan fingerprint density at radius 1 is 1.24 bits per heavy atom. The highest BCUT2D eigenvalue weighted by Crippen LogP contribution is 2.07. The molecule has 5 heteroatoms. The lowest BCUT2D eigenvalue weighted by atomic mass is 10.3. The van der Waals surface area contributed by atoms with E-state index < -0.39 is 0 Å². The van der Waals surface area contributed by atoms with Crippen LogP contribution in [0.1, 0.15) is 27.9 Å². The number of H-pyrrole nitrogens is 1. The fourth-order valence-corrected chi connectivity index (χ4v) is 1.37. The molecular weight excluding hydrogens is 218 g/mol. The number of hydrogen-bond donors (Lipinski definition) is 2. The van der Waals surface area contributed by atoms with Crippen LogP contribution >= 0.6 is 0 Å². The second-order valence-electron chi connectivity index (χ2n) is 3.54. The quantitative estimate of drug-likeness (QED) is 0.789. The number of aromatic amines is 1. The van der Waals surface area contributed by atoms with Crippen LogP contribution < -0.4 is 5.32 Å². The molecule has 0 aromatic carbocycles. The number of nitrogens with zero attached hydrogens (tertiary/aromatic N) is 1. The third-order valence-corrected chi connectivity index (χ3v) is 2.23. The van der Waals surface area contributed by atoms with Gasteiger partial charge in [-0.2, -0.15) is 0 Å². The average Bonchev–Trinajstić information content (AvgIpc) is 2.79. The molecule has 0 atom stereocenters. The van der Waals surface area contributed by atoms with Crippen molar-refractivity contribution >= 4 is 17.4 Å². The zero-order chi connectivity index (χ0) is 12.3. The Morgan fingerprint density at radius 2 is 2.00 bits per heavy atom. The van der Waals surface area contributed by atoms with Crippen LogP contribution in [0.15, 0.2) is 36.7 Å². The number of anilines is 1. The van der Waals surface area contributed by atoms with E-state index in [2.05, 4.69) is 15.3 Å². The monoisotopic (exact) mass is 229 g/mol. The topological polar surface area (TPSA) is 74.8 Å². The summed E-state index contributed by atoms with van der Waals surface area (Å²) in [7, 11) is 0. The summed E-state index contributed by atoms with van der Waals surface area (Å²) in [5.74, 6) is -0.407. The molecule has 2 rings (SSSR count). The van der Waals surface area contributed by atoms with E-state index >= 15 is 0 Å². The summed E-state index contributed by atoms with van der Waals surface area (Å²) in [6.07, 6.45) is 3.17. The summed E-state index contributed by atoms with van der Waals surface area (Å²) in [6.45, 7) is 1.44. The van der Waals surface area contributed by atoms with E-state index in [0.717, 1.165) is 0 Å². The molecule has 0 aliphatic carbocycles. The van der Waals surface area contributed by atoms with Crippen LogP contribution in [0.3, 0.4) is 0 Å². The summed E-state index contributed by atoms with van der Waals surface area (Å²) < 4.78 is 0. The fourth-order valence-electron chi connectivity index (χ4n) is 1.37. The van der Waals surface area contributed by atoms with Crippen molar-refractivity contribution in [1.29, 1.82) is 0 Å². The van der Waals surface area contributed by atoms with Crippen molar-refractivity contribution in [3.8, 4) is 0 Å². The Morgan fingerprint density at radius 3 is 2.59 bits per heavy atom. The maximum Gasteiger partial charge on any atom is 0.272 e. The Balaban J connectivity index is 2.12. The molecular formula is C12H11N3O2. The van der Waals surface area contributed by atoms with Crippen LogP contribution in [0.2, 0.25) is 0 Å². The van der Waals surface area contributed by atoms with E-state index in [0.29, 0.717) is 17.1 Å². The molecule has 2 heterocycles. The first-order chi connectivity index (χ1) is 8.16. The van der Waals surface area contributed by atoms with Gasteiger partial charge in [-0.15, -0.1) is 0 Å². The molecule has 5 nitrogen and oxygen atoms in total. The Hall–Kier alpha value is -2.43. The molecule has 0 saturated carbocycles. The second-order valence-corrected chi connectivity index (χ2v) is 3.54. The number of carbonyl (C=O) groups is 2. The Bertz CT molecular complexity index is 546. The summed E-state index contributed by atoms with van der Waals surface area (Å²) in [4.78, 5) is 29.5. The van der Waals surface area contributed by atoms with Gasteiger partial charge in [0.05, 0.1) is 17.6 Å². The number of ketones is 1. The third-order valence-electron chi connectivity index (χ3n) is 2.23. The molecule has 0 aliphatic heterocycles. The SMILES string of the molecule is CC(=O)c1ccc(C(=O)Nc2cccnc2)[nH]1. The Kier molecular flexibility index (Phi) is 3.00. The second kappa shape index (κ2) is 4.61. The first-order valence-corrected chi connectivity index (χ1v) is 5.08. The highest BCUT2D eigenvalue weighted by molar-refractivity contribution is 6.04. The number of hydrogen-bond acceptors (Lipinski definition) is 3. The van der Waals surface area contributed by atoms with Crippen molar-refractivity contribution in [2.24, 2.45) is 0 Å². The van der Waals surface area contributed by atoms with Crippen LogP contribution in [0.5, 0.6) is 0 Å². The molecule has 0 radical (unpaired) electrons. The predicted molar refractivity (Wildman–Crippen MR) is 63.0 cm³/mol. The maximum absolute atomic E-state index is 11.8. The lowest BCUT2D eigenvalue weighted by Gasteiger charge is -2.02. The lowest BCUT2D eigenvalue weighted by molar-refractivity contribution is 0.101. The van der Waals surface area contributed by atoms with Crippen LogP contribution in [0.25, 0.3) is 0 Å². The van der Waals surface area contributed by atoms with E-state index in [9.17, 15) is 9.59 Å². The molecule has 0 aliphatic rings. The summed E-state index contributed by atoms with van der Waals surface area (Å²) in [5, 5.41) is 2.67. The number of amides is 1. The van der Waals surface area contributed by atoms with Crippen molar-refractivity contribution in [3.63, 3.8) is 0 Å². The molecule has 17 heavy (non-hydrogen) atoms. The van der Waals surface area contributed by atoms with Gasteiger partial charge < -0.3 is 10.3 Å². The zero-order valence-electron chi connectivity index (χ0n) is 9.23. The van der Waals surface area contributed by atoms with Crippen LogP contribution in [0.4, 0.5) is 5.69 Å². The molecule has 0 bridgehead atoms. The number of Topliss-reactive ketones (excluding diaryl/α,β-unsaturated/α-hetero) is 1. The molecule has 2 aromatic rings. The first-order valence-electron chi connectivity index (χ1n) is 5.08. The minimum Gasteiger partial charge on any atom is -0.348 e. The molecule has 1 amide bonds. The van der Waals surface area contributed by atoms with Gasteiger partial charge in [0.15, 0.2) is 5.78 Å². The smallest absolute Gasteiger partial charge is 0.272 e. The maximum atomic E-state index is 11.8. The van der Waals surface area contributed by atoms with Gasteiger partial charge in [0.25, 0.3) is 5.91 Å². The van der Waals surface area contributed by atoms with E-state index in [1.807, 2.05) is 0 Å². The largest absolute Gasteiger partial charge is 0.348 e. The minimum atomic E-state index is -0.300. The fraction of sp³-hybridized carbons (Fsp3) is 0.0833. The van der Waals surface area contributed by atoms with Crippen LogP contribution in [0, 0.1) is 0 Å². The highest BCUT2D eigenvalue weighted by atomic mass is 16.2. The van der Waals surface area contributed by atoms with Gasteiger partial charge in [-0.3, -0.25) is 14.6 Å². The zero-order valence-corrected chi connectivity index (χ0v) is 9.23. The average molecular weight is 229 g/mol. The third kappa shape index (κ3) is 2.57. The van der Waals surface area contributed by atoms with Gasteiger partial charge in [-0.1, -0.05) is 0 Å². The highest BCUT2D eigenvalue weighted by Gasteiger charge is 2.10. The van der Waals surface area contributed by atoms with Crippen LogP contribution in [-0.2, 0) is 0 Å². The molecule has 0 spiro atoms. The van der Waals surface area contributed by atoms with Gasteiger partial charge in [-0.05, 0) is 24.3 Å². The van der Waals surface area contributed by atoms with Crippen molar-refractivity contribution in [2.45, 2.75) is 6.92 Å². The predicted octanol–water partition coefficient (Wildman–Crippen LogP) is 1.86. The number of rotatable bonds is 3. The van der Waals surface area contributed by atoms with E-state index in [1.165, 1.54) is 6.92 Å². The van der Waals surface area contributed by atoms with Crippen molar-refractivity contribution in [2.75, 3.05) is 5.32 Å². The number of aromatic nitrogens is 2. The van der Waals surface area contributed by atoms with E-state index in [-0.39, 0.29) is 11.7 Å². The first kappa shape index (κ1) is 11.1. The number of pyridine rings is 1. The van der Waals surface area contributed by atoms with Gasteiger partial charge in [0, 0.05) is 13.1 Å². The molecule has 2 aromatic heterocycles. The molecule has 0 fully saturated rings. The number of nitrogens with one attached hydrogen (secondary N) is 2. The summed E-state index contributed by atoms with van der Waals surface area (Å²) >= 11 is 0. The van der Waals surface area contributed by atoms with Gasteiger partial charge in [-0.25, -0.2) is 0 Å². The lowest BCUT2D eigenvalue weighted by Crippen LogP contribution is -2.12. The number of carbonyl (C=O) groups excluding carboxylic acids is 2. The van der Waals surface area contributed by atoms with Gasteiger partial charge in [0.1, 0.15) is 5.69 Å². The normalized spacial score (nSPS) is 9.94. The van der Waals surface area contributed by atoms with Gasteiger partial charge in [0.2, 0.25) is 0 Å². The van der Waals surface area contributed by atoms with E-state index in [4.69, 9.17) is 0 Å². The van der Waals surface area contributed by atoms with Crippen LogP contribution in [-0.4, -0.2) is 21.7 Å². The molecule has 0 unspecified atom stereocenters.